The van der Waals surface area contributed by atoms with E-state index in [1.165, 1.54) is 11.8 Å². The van der Waals surface area contributed by atoms with E-state index in [4.69, 9.17) is 13.9 Å². The highest BCUT2D eigenvalue weighted by Gasteiger charge is 2.20. The minimum absolute atomic E-state index is 0.177. The van der Waals surface area contributed by atoms with Crippen LogP contribution in [0.5, 0.6) is 17.2 Å². The van der Waals surface area contributed by atoms with E-state index in [9.17, 15) is 4.79 Å². The molecule has 1 unspecified atom stereocenters. The lowest BCUT2D eigenvalue weighted by Crippen LogP contribution is -2.22. The maximum absolute atomic E-state index is 12.6. The van der Waals surface area contributed by atoms with Crippen LogP contribution in [0.3, 0.4) is 0 Å². The second-order valence-electron chi connectivity index (χ2n) is 6.76. The summed E-state index contributed by atoms with van der Waals surface area (Å²) < 4.78 is 16.8. The Balaban J connectivity index is 1.35. The van der Waals surface area contributed by atoms with Gasteiger partial charge in [-0.25, -0.2) is 0 Å². The molecule has 0 bridgehead atoms. The molecule has 3 aromatic carbocycles. The van der Waals surface area contributed by atoms with Crippen LogP contribution in [0.4, 0.5) is 5.69 Å². The number of rotatable bonds is 8. The first-order chi connectivity index (χ1) is 15.6. The average molecular weight is 448 g/mol. The highest BCUT2D eigenvalue weighted by molar-refractivity contribution is 8.00. The molecule has 4 aromatic rings. The van der Waals surface area contributed by atoms with Crippen molar-refractivity contribution in [2.24, 2.45) is 0 Å². The van der Waals surface area contributed by atoms with Crippen LogP contribution in [-0.2, 0) is 4.79 Å². The van der Waals surface area contributed by atoms with E-state index in [-0.39, 0.29) is 5.91 Å². The Morgan fingerprint density at radius 2 is 1.62 bits per heavy atom. The van der Waals surface area contributed by atoms with Gasteiger partial charge in [0.15, 0.2) is 0 Å². The smallest absolute Gasteiger partial charge is 0.277 e. The van der Waals surface area contributed by atoms with Gasteiger partial charge in [0.05, 0.1) is 17.9 Å². The van der Waals surface area contributed by atoms with E-state index in [1.54, 1.807) is 38.3 Å². The summed E-state index contributed by atoms with van der Waals surface area (Å²) in [6.45, 7) is 1.78. The average Bonchev–Trinajstić information content (AvgIpc) is 3.29. The van der Waals surface area contributed by atoms with E-state index in [0.717, 1.165) is 5.75 Å². The number of nitrogens with one attached hydrogen (secondary N) is 1. The van der Waals surface area contributed by atoms with E-state index in [0.29, 0.717) is 33.9 Å². The molecular weight excluding hydrogens is 426 g/mol. The number of anilines is 1. The van der Waals surface area contributed by atoms with Crippen LogP contribution in [0.25, 0.3) is 11.5 Å². The number of carbonyl (C=O) groups excluding carboxylic acids is 1. The largest absolute Gasteiger partial charge is 0.496 e. The van der Waals surface area contributed by atoms with Crippen LogP contribution < -0.4 is 14.8 Å². The molecule has 0 radical (unpaired) electrons. The molecule has 8 heteroatoms. The molecule has 0 aliphatic heterocycles. The van der Waals surface area contributed by atoms with Gasteiger partial charge < -0.3 is 19.2 Å². The van der Waals surface area contributed by atoms with Crippen LogP contribution in [0, 0.1) is 0 Å². The summed E-state index contributed by atoms with van der Waals surface area (Å²) in [7, 11) is 1.58. The van der Waals surface area contributed by atoms with Gasteiger partial charge in [-0.15, -0.1) is 10.2 Å². The summed E-state index contributed by atoms with van der Waals surface area (Å²) >= 11 is 1.19. The van der Waals surface area contributed by atoms with E-state index in [2.05, 4.69) is 15.5 Å². The van der Waals surface area contributed by atoms with Gasteiger partial charge in [-0.1, -0.05) is 42.1 Å². The summed E-state index contributed by atoms with van der Waals surface area (Å²) in [5.41, 5.74) is 1.37. The third kappa shape index (κ3) is 5.28. The Morgan fingerprint density at radius 1 is 0.938 bits per heavy atom. The lowest BCUT2D eigenvalue weighted by molar-refractivity contribution is -0.115. The molecule has 0 saturated carbocycles. The zero-order valence-electron chi connectivity index (χ0n) is 17.5. The summed E-state index contributed by atoms with van der Waals surface area (Å²) in [6.07, 6.45) is 0. The molecule has 1 N–H and O–H groups in total. The van der Waals surface area contributed by atoms with E-state index in [1.807, 2.05) is 54.6 Å². The predicted molar refractivity (Wildman–Crippen MR) is 123 cm³/mol. The molecule has 7 nitrogen and oxygen atoms in total. The van der Waals surface area contributed by atoms with Crippen molar-refractivity contribution in [1.82, 2.24) is 10.2 Å². The van der Waals surface area contributed by atoms with Crippen molar-refractivity contribution < 1.29 is 18.7 Å². The molecule has 0 aliphatic carbocycles. The van der Waals surface area contributed by atoms with Crippen LogP contribution in [0.2, 0.25) is 0 Å². The number of aromatic nitrogens is 2. The molecular formula is C24H21N3O4S. The van der Waals surface area contributed by atoms with Crippen molar-refractivity contribution >= 4 is 23.4 Å². The fourth-order valence-corrected chi connectivity index (χ4v) is 3.55. The van der Waals surface area contributed by atoms with Gasteiger partial charge >= 0.3 is 0 Å². The van der Waals surface area contributed by atoms with Crippen molar-refractivity contribution in [2.75, 3.05) is 12.4 Å². The number of hydrogen-bond acceptors (Lipinski definition) is 7. The summed E-state index contributed by atoms with van der Waals surface area (Å²) in [5.74, 6) is 2.24. The molecule has 4 rings (SSSR count). The molecule has 0 fully saturated rings. The zero-order chi connectivity index (χ0) is 22.3. The first-order valence-corrected chi connectivity index (χ1v) is 10.8. The fraction of sp³-hybridized carbons (Fsp3) is 0.125. The first kappa shape index (κ1) is 21.5. The second kappa shape index (κ2) is 10.0. The van der Waals surface area contributed by atoms with Crippen LogP contribution in [0.15, 0.2) is 88.5 Å². The van der Waals surface area contributed by atoms with Crippen molar-refractivity contribution in [3.63, 3.8) is 0 Å². The Hall–Kier alpha value is -3.78. The summed E-state index contributed by atoms with van der Waals surface area (Å²) in [6, 6.07) is 24.1. The summed E-state index contributed by atoms with van der Waals surface area (Å²) in [4.78, 5) is 12.6. The molecule has 1 heterocycles. The quantitative estimate of drug-likeness (QED) is 0.349. The number of ether oxygens (including phenoxy) is 2. The van der Waals surface area contributed by atoms with Crippen LogP contribution in [-0.4, -0.2) is 28.5 Å². The third-order valence-electron chi connectivity index (χ3n) is 4.49. The van der Waals surface area contributed by atoms with Crippen molar-refractivity contribution in [2.45, 2.75) is 17.4 Å². The van der Waals surface area contributed by atoms with Gasteiger partial charge in [0, 0.05) is 5.69 Å². The number of amides is 1. The van der Waals surface area contributed by atoms with Gasteiger partial charge in [0.25, 0.3) is 11.1 Å². The molecule has 0 saturated heterocycles. The van der Waals surface area contributed by atoms with Gasteiger partial charge in [0.1, 0.15) is 17.2 Å². The Kier molecular flexibility index (Phi) is 6.72. The minimum atomic E-state index is -0.443. The van der Waals surface area contributed by atoms with E-state index >= 15 is 0 Å². The van der Waals surface area contributed by atoms with Gasteiger partial charge in [-0.05, 0) is 55.5 Å². The number of carbonyl (C=O) groups is 1. The summed E-state index contributed by atoms with van der Waals surface area (Å²) in [5, 5.41) is 10.9. The fourth-order valence-electron chi connectivity index (χ4n) is 2.87. The number of benzene rings is 3. The Labute approximate surface area is 189 Å². The Morgan fingerprint density at radius 3 is 2.38 bits per heavy atom. The molecule has 0 aliphatic rings. The minimum Gasteiger partial charge on any atom is -0.496 e. The standard InChI is InChI=1S/C24H21N3O4S/c1-16(32-24-27-26-23(31-24)20-10-6-7-11-21(20)29-2)22(28)25-17-12-14-19(15-13-17)30-18-8-4-3-5-9-18/h3-16H,1-2H3,(H,25,28). The molecule has 1 aromatic heterocycles. The number of nitrogens with zero attached hydrogens (tertiary/aromatic N) is 2. The maximum atomic E-state index is 12.6. The van der Waals surface area contributed by atoms with Gasteiger partial charge in [-0.3, -0.25) is 4.79 Å². The molecule has 1 amide bonds. The maximum Gasteiger partial charge on any atom is 0.277 e. The number of thioether (sulfide) groups is 1. The van der Waals surface area contributed by atoms with Gasteiger partial charge in [-0.2, -0.15) is 0 Å². The third-order valence-corrected chi connectivity index (χ3v) is 5.43. The monoisotopic (exact) mass is 447 g/mol. The Bertz CT molecular complexity index is 1180. The first-order valence-electron chi connectivity index (χ1n) is 9.90. The number of hydrogen-bond donors (Lipinski definition) is 1. The molecule has 0 spiro atoms. The van der Waals surface area contributed by atoms with Crippen molar-refractivity contribution in [3.8, 4) is 28.7 Å². The number of para-hydroxylation sites is 2. The van der Waals surface area contributed by atoms with E-state index < -0.39 is 5.25 Å². The number of methoxy groups -OCH3 is 1. The second-order valence-corrected chi connectivity index (χ2v) is 8.05. The topological polar surface area (TPSA) is 86.5 Å². The van der Waals surface area contributed by atoms with Crippen LogP contribution in [0.1, 0.15) is 6.92 Å². The molecule has 32 heavy (non-hydrogen) atoms. The lowest BCUT2D eigenvalue weighted by Gasteiger charge is -2.11. The molecule has 1 atom stereocenters. The highest BCUT2D eigenvalue weighted by atomic mass is 32.2. The zero-order valence-corrected chi connectivity index (χ0v) is 18.3. The van der Waals surface area contributed by atoms with Crippen molar-refractivity contribution in [3.05, 3.63) is 78.9 Å². The molecule has 162 valence electrons. The lowest BCUT2D eigenvalue weighted by atomic mass is 10.2. The predicted octanol–water partition coefficient (Wildman–Crippen LogP) is 5.66. The normalized spacial score (nSPS) is 11.6. The SMILES string of the molecule is COc1ccccc1-c1nnc(SC(C)C(=O)Nc2ccc(Oc3ccccc3)cc2)o1. The van der Waals surface area contributed by atoms with Crippen molar-refractivity contribution in [1.29, 1.82) is 0 Å². The van der Waals surface area contributed by atoms with Gasteiger partial charge in [0.2, 0.25) is 5.91 Å². The highest BCUT2D eigenvalue weighted by Crippen LogP contribution is 2.32. The van der Waals surface area contributed by atoms with Crippen LogP contribution >= 0.6 is 11.8 Å².